The topological polar surface area (TPSA) is 17.1 Å². The standard InChI is InChI=1S/C13H16OS/c1-4-10(2)9-12(14)11-7-5-6-8-13(11)15-3/h5-8H,2,4,9H2,1,3H3. The summed E-state index contributed by atoms with van der Waals surface area (Å²) in [5, 5.41) is 0. The Hall–Kier alpha value is -1.02. The van der Waals surface area contributed by atoms with E-state index in [0.29, 0.717) is 6.42 Å². The second kappa shape index (κ2) is 5.76. The Morgan fingerprint density at radius 1 is 1.40 bits per heavy atom. The highest BCUT2D eigenvalue weighted by Gasteiger charge is 2.10. The number of hydrogen-bond donors (Lipinski definition) is 0. The largest absolute Gasteiger partial charge is 0.294 e. The first-order valence-corrected chi connectivity index (χ1v) is 6.24. The molecule has 0 unspecified atom stereocenters. The number of carbonyl (C=O) groups excluding carboxylic acids is 1. The summed E-state index contributed by atoms with van der Waals surface area (Å²) in [6.45, 7) is 5.89. The maximum Gasteiger partial charge on any atom is 0.168 e. The van der Waals surface area contributed by atoms with E-state index < -0.39 is 0 Å². The van der Waals surface area contributed by atoms with Gasteiger partial charge in [-0.3, -0.25) is 4.79 Å². The van der Waals surface area contributed by atoms with Gasteiger partial charge >= 0.3 is 0 Å². The summed E-state index contributed by atoms with van der Waals surface area (Å²) in [5.74, 6) is 0.173. The molecular weight excluding hydrogens is 204 g/mol. The lowest BCUT2D eigenvalue weighted by Gasteiger charge is -2.06. The van der Waals surface area contributed by atoms with Crippen molar-refractivity contribution in [2.45, 2.75) is 24.7 Å². The Morgan fingerprint density at radius 3 is 2.67 bits per heavy atom. The second-order valence-corrected chi connectivity index (χ2v) is 4.25. The van der Waals surface area contributed by atoms with Gasteiger partial charge in [-0.2, -0.15) is 0 Å². The van der Waals surface area contributed by atoms with Gasteiger partial charge in [0.25, 0.3) is 0 Å². The average molecular weight is 220 g/mol. The lowest BCUT2D eigenvalue weighted by molar-refractivity contribution is 0.0989. The SMILES string of the molecule is C=C(CC)CC(=O)c1ccccc1SC. The fraction of sp³-hybridized carbons (Fsp3) is 0.308. The Balaban J connectivity index is 2.86. The second-order valence-electron chi connectivity index (χ2n) is 3.40. The summed E-state index contributed by atoms with van der Waals surface area (Å²) in [5.41, 5.74) is 1.82. The lowest BCUT2D eigenvalue weighted by Crippen LogP contribution is -2.01. The molecule has 0 aliphatic rings. The third-order valence-corrected chi connectivity index (χ3v) is 3.11. The van der Waals surface area contributed by atoms with Crippen molar-refractivity contribution in [3.8, 4) is 0 Å². The third kappa shape index (κ3) is 3.24. The van der Waals surface area contributed by atoms with Crippen LogP contribution in [0.2, 0.25) is 0 Å². The molecule has 0 radical (unpaired) electrons. The third-order valence-electron chi connectivity index (χ3n) is 2.32. The molecule has 1 aromatic rings. The predicted molar refractivity (Wildman–Crippen MR) is 66.6 cm³/mol. The van der Waals surface area contributed by atoms with Gasteiger partial charge in [0.05, 0.1) is 0 Å². The number of rotatable bonds is 5. The molecular formula is C13H16OS. The summed E-state index contributed by atoms with van der Waals surface area (Å²) in [6, 6.07) is 7.72. The van der Waals surface area contributed by atoms with E-state index in [4.69, 9.17) is 0 Å². The lowest BCUT2D eigenvalue weighted by atomic mass is 10.0. The van der Waals surface area contributed by atoms with E-state index in [9.17, 15) is 4.79 Å². The summed E-state index contributed by atoms with van der Waals surface area (Å²) in [7, 11) is 0. The molecule has 0 fully saturated rings. The maximum absolute atomic E-state index is 11.9. The molecule has 0 aromatic heterocycles. The Kier molecular flexibility index (Phi) is 4.63. The zero-order valence-corrected chi connectivity index (χ0v) is 10.1. The summed E-state index contributed by atoms with van der Waals surface area (Å²) >= 11 is 1.61. The number of allylic oxidation sites excluding steroid dienone is 1. The van der Waals surface area contributed by atoms with Crippen molar-refractivity contribution in [3.63, 3.8) is 0 Å². The normalized spacial score (nSPS) is 10.0. The monoisotopic (exact) mass is 220 g/mol. The van der Waals surface area contributed by atoms with Gasteiger partial charge in [-0.15, -0.1) is 11.8 Å². The highest BCUT2D eigenvalue weighted by molar-refractivity contribution is 7.98. The van der Waals surface area contributed by atoms with Crippen LogP contribution in [0.15, 0.2) is 41.3 Å². The van der Waals surface area contributed by atoms with Gasteiger partial charge in [-0.1, -0.05) is 37.3 Å². The van der Waals surface area contributed by atoms with Crippen molar-refractivity contribution < 1.29 is 4.79 Å². The van der Waals surface area contributed by atoms with E-state index in [1.807, 2.05) is 37.4 Å². The smallest absolute Gasteiger partial charge is 0.168 e. The molecule has 0 saturated heterocycles. The zero-order chi connectivity index (χ0) is 11.3. The molecule has 15 heavy (non-hydrogen) atoms. The quantitative estimate of drug-likeness (QED) is 0.424. The highest BCUT2D eigenvalue weighted by atomic mass is 32.2. The van der Waals surface area contributed by atoms with Gasteiger partial charge < -0.3 is 0 Å². The van der Waals surface area contributed by atoms with Gasteiger partial charge in [0.15, 0.2) is 5.78 Å². The summed E-state index contributed by atoms with van der Waals surface area (Å²) < 4.78 is 0. The van der Waals surface area contributed by atoms with E-state index in [1.165, 1.54) is 0 Å². The predicted octanol–water partition coefficient (Wildman–Crippen LogP) is 3.95. The van der Waals surface area contributed by atoms with Crippen molar-refractivity contribution in [1.82, 2.24) is 0 Å². The molecule has 0 aliphatic carbocycles. The molecule has 0 spiro atoms. The Morgan fingerprint density at radius 2 is 2.07 bits per heavy atom. The van der Waals surface area contributed by atoms with E-state index in [1.54, 1.807) is 11.8 Å². The fourth-order valence-corrected chi connectivity index (χ4v) is 1.94. The summed E-state index contributed by atoms with van der Waals surface area (Å²) in [4.78, 5) is 13.0. The fourth-order valence-electron chi connectivity index (χ4n) is 1.32. The van der Waals surface area contributed by atoms with Crippen LogP contribution in [0.5, 0.6) is 0 Å². The van der Waals surface area contributed by atoms with Crippen molar-refractivity contribution in [3.05, 3.63) is 42.0 Å². The van der Waals surface area contributed by atoms with Crippen molar-refractivity contribution in [1.29, 1.82) is 0 Å². The van der Waals surface area contributed by atoms with E-state index in [-0.39, 0.29) is 5.78 Å². The Bertz CT molecular complexity index is 369. The number of Topliss-reactive ketones (excluding diaryl/α,β-unsaturated/α-hetero) is 1. The minimum absolute atomic E-state index is 0.173. The molecule has 0 amide bonds. The first kappa shape index (κ1) is 12.1. The first-order chi connectivity index (χ1) is 7.19. The Labute approximate surface area is 95.6 Å². The van der Waals surface area contributed by atoms with E-state index in [0.717, 1.165) is 22.5 Å². The number of carbonyl (C=O) groups is 1. The van der Waals surface area contributed by atoms with Crippen LogP contribution in [-0.2, 0) is 0 Å². The zero-order valence-electron chi connectivity index (χ0n) is 9.25. The van der Waals surface area contributed by atoms with Crippen LogP contribution in [0.3, 0.4) is 0 Å². The van der Waals surface area contributed by atoms with Crippen LogP contribution < -0.4 is 0 Å². The van der Waals surface area contributed by atoms with Crippen LogP contribution >= 0.6 is 11.8 Å². The van der Waals surface area contributed by atoms with E-state index >= 15 is 0 Å². The molecule has 1 rings (SSSR count). The molecule has 1 nitrogen and oxygen atoms in total. The van der Waals surface area contributed by atoms with Crippen molar-refractivity contribution in [2.24, 2.45) is 0 Å². The van der Waals surface area contributed by atoms with Gasteiger partial charge in [-0.05, 0) is 18.7 Å². The van der Waals surface area contributed by atoms with Gasteiger partial charge in [0.2, 0.25) is 0 Å². The molecule has 0 aliphatic heterocycles. The van der Waals surface area contributed by atoms with Gasteiger partial charge in [-0.25, -0.2) is 0 Å². The highest BCUT2D eigenvalue weighted by Crippen LogP contribution is 2.22. The molecule has 1 aromatic carbocycles. The van der Waals surface area contributed by atoms with Crippen LogP contribution in [0, 0.1) is 0 Å². The van der Waals surface area contributed by atoms with Crippen LogP contribution in [0.1, 0.15) is 30.1 Å². The number of benzene rings is 1. The average Bonchev–Trinajstić information content (AvgIpc) is 2.28. The van der Waals surface area contributed by atoms with Crippen molar-refractivity contribution >= 4 is 17.5 Å². The molecule has 0 saturated carbocycles. The molecule has 0 atom stereocenters. The van der Waals surface area contributed by atoms with Gasteiger partial charge in [0.1, 0.15) is 0 Å². The molecule has 80 valence electrons. The van der Waals surface area contributed by atoms with Crippen LogP contribution in [0.25, 0.3) is 0 Å². The number of ketones is 1. The van der Waals surface area contributed by atoms with Crippen LogP contribution in [0.4, 0.5) is 0 Å². The minimum atomic E-state index is 0.173. The number of hydrogen-bond acceptors (Lipinski definition) is 2. The number of thioether (sulfide) groups is 1. The van der Waals surface area contributed by atoms with Crippen LogP contribution in [-0.4, -0.2) is 12.0 Å². The molecule has 0 bridgehead atoms. The summed E-state index contributed by atoms with van der Waals surface area (Å²) in [6.07, 6.45) is 3.32. The first-order valence-electron chi connectivity index (χ1n) is 5.02. The van der Waals surface area contributed by atoms with E-state index in [2.05, 4.69) is 6.58 Å². The minimum Gasteiger partial charge on any atom is -0.294 e. The maximum atomic E-state index is 11.9. The molecule has 0 N–H and O–H groups in total. The van der Waals surface area contributed by atoms with Crippen molar-refractivity contribution in [2.75, 3.05) is 6.26 Å². The molecule has 2 heteroatoms. The van der Waals surface area contributed by atoms with Gasteiger partial charge in [0, 0.05) is 16.9 Å². The molecule has 0 heterocycles.